The SMILES string of the molecule is Cc1cccc(N2CCN(c3ccc(NS(=O)(=O)c4ccccc4C)cc3C(=O)O)CC2C)c1.O=C(O)C(F)(F)F. The number of benzene rings is 3. The molecule has 1 unspecified atom stereocenters. The summed E-state index contributed by atoms with van der Waals surface area (Å²) in [5.74, 6) is -3.85. The van der Waals surface area contributed by atoms with Gasteiger partial charge in [0.1, 0.15) is 0 Å². The molecule has 220 valence electrons. The van der Waals surface area contributed by atoms with E-state index in [1.54, 1.807) is 37.3 Å². The van der Waals surface area contributed by atoms with Crippen LogP contribution < -0.4 is 14.5 Å². The van der Waals surface area contributed by atoms with Gasteiger partial charge in [-0.2, -0.15) is 13.2 Å². The van der Waals surface area contributed by atoms with E-state index < -0.39 is 28.1 Å². The third kappa shape index (κ3) is 7.91. The number of carboxylic acid groups (broad SMARTS) is 2. The third-order valence-corrected chi connectivity index (χ3v) is 7.95. The number of sulfonamides is 1. The van der Waals surface area contributed by atoms with Crippen LogP contribution in [-0.2, 0) is 14.8 Å². The number of aliphatic carboxylic acids is 1. The Morgan fingerprint density at radius 3 is 2.17 bits per heavy atom. The van der Waals surface area contributed by atoms with Crippen LogP contribution in [0.3, 0.4) is 0 Å². The van der Waals surface area contributed by atoms with Crippen LogP contribution in [0.2, 0.25) is 0 Å². The summed E-state index contributed by atoms with van der Waals surface area (Å²) in [6, 6.07) is 19.9. The molecule has 0 aliphatic carbocycles. The Kier molecular flexibility index (Phi) is 9.53. The number of rotatable bonds is 6. The number of nitrogens with one attached hydrogen (secondary N) is 1. The van der Waals surface area contributed by atoms with E-state index in [0.29, 0.717) is 24.3 Å². The molecule has 1 heterocycles. The summed E-state index contributed by atoms with van der Waals surface area (Å²) >= 11 is 0. The van der Waals surface area contributed by atoms with E-state index in [9.17, 15) is 31.5 Å². The molecule has 1 aliphatic rings. The van der Waals surface area contributed by atoms with Gasteiger partial charge in [-0.05, 0) is 68.3 Å². The molecule has 0 bridgehead atoms. The minimum Gasteiger partial charge on any atom is -0.478 e. The molecule has 0 aromatic heterocycles. The molecule has 3 N–H and O–H groups in total. The van der Waals surface area contributed by atoms with Crippen molar-refractivity contribution in [3.8, 4) is 0 Å². The van der Waals surface area contributed by atoms with Crippen molar-refractivity contribution in [1.29, 1.82) is 0 Å². The van der Waals surface area contributed by atoms with Crippen LogP contribution >= 0.6 is 0 Å². The second-order valence-electron chi connectivity index (χ2n) is 9.54. The molecule has 4 rings (SSSR count). The van der Waals surface area contributed by atoms with Gasteiger partial charge in [-0.15, -0.1) is 0 Å². The van der Waals surface area contributed by atoms with Gasteiger partial charge in [-0.25, -0.2) is 18.0 Å². The van der Waals surface area contributed by atoms with E-state index in [-0.39, 0.29) is 22.2 Å². The van der Waals surface area contributed by atoms with E-state index in [0.717, 1.165) is 12.2 Å². The fraction of sp³-hybridized carbons (Fsp3) is 0.286. The Hall–Kier alpha value is -4.26. The standard InChI is InChI=1S/C26H29N3O4S.C2HF3O2/c1-18-7-6-9-22(15-18)29-14-13-28(17-20(29)3)24-12-11-21(16-23(24)26(30)31)27-34(32,33)25-10-5-4-8-19(25)2;3-2(4,5)1(6)7/h4-12,15-16,20,27H,13-14,17H2,1-3H3,(H,30,31);(H,6,7). The maximum Gasteiger partial charge on any atom is 0.490 e. The second kappa shape index (κ2) is 12.5. The number of halogens is 3. The number of piperazine rings is 1. The monoisotopic (exact) mass is 593 g/mol. The number of alkyl halides is 3. The summed E-state index contributed by atoms with van der Waals surface area (Å²) in [6.45, 7) is 7.98. The van der Waals surface area contributed by atoms with E-state index in [1.165, 1.54) is 17.7 Å². The highest BCUT2D eigenvalue weighted by atomic mass is 32.2. The Balaban J connectivity index is 0.000000587. The smallest absolute Gasteiger partial charge is 0.478 e. The average Bonchev–Trinajstić information content (AvgIpc) is 2.88. The maximum atomic E-state index is 12.9. The van der Waals surface area contributed by atoms with Crippen LogP contribution in [-0.4, -0.2) is 62.4 Å². The molecular formula is C28H30F3N3O6S. The van der Waals surface area contributed by atoms with Crippen molar-refractivity contribution in [2.45, 2.75) is 37.9 Å². The van der Waals surface area contributed by atoms with Crippen molar-refractivity contribution in [3.05, 3.63) is 83.4 Å². The molecule has 3 aromatic carbocycles. The first-order valence-electron chi connectivity index (χ1n) is 12.4. The number of nitrogens with zero attached hydrogens (tertiary/aromatic N) is 2. The largest absolute Gasteiger partial charge is 0.490 e. The highest BCUT2D eigenvalue weighted by molar-refractivity contribution is 7.92. The molecule has 1 aliphatic heterocycles. The first-order valence-corrected chi connectivity index (χ1v) is 13.9. The molecule has 1 fully saturated rings. The van der Waals surface area contributed by atoms with Crippen molar-refractivity contribution < 1.29 is 41.4 Å². The van der Waals surface area contributed by atoms with Crippen molar-refractivity contribution in [2.75, 3.05) is 34.2 Å². The van der Waals surface area contributed by atoms with Crippen molar-refractivity contribution in [3.63, 3.8) is 0 Å². The van der Waals surface area contributed by atoms with Gasteiger partial charge < -0.3 is 20.0 Å². The van der Waals surface area contributed by atoms with Crippen LogP contribution in [0.4, 0.5) is 30.2 Å². The summed E-state index contributed by atoms with van der Waals surface area (Å²) in [6.07, 6.45) is -5.08. The second-order valence-corrected chi connectivity index (χ2v) is 11.2. The summed E-state index contributed by atoms with van der Waals surface area (Å²) < 4.78 is 60.0. The molecule has 0 amide bonds. The molecule has 1 saturated heterocycles. The Labute approximate surface area is 235 Å². The number of anilines is 3. The average molecular weight is 594 g/mol. The van der Waals surface area contributed by atoms with E-state index >= 15 is 0 Å². The van der Waals surface area contributed by atoms with Crippen LogP contribution in [0.5, 0.6) is 0 Å². The maximum absolute atomic E-state index is 12.9. The normalized spacial score (nSPS) is 15.5. The number of hydrogen-bond acceptors (Lipinski definition) is 6. The van der Waals surface area contributed by atoms with Crippen molar-refractivity contribution in [2.24, 2.45) is 0 Å². The highest BCUT2D eigenvalue weighted by Crippen LogP contribution is 2.30. The minimum atomic E-state index is -5.08. The molecular weight excluding hydrogens is 563 g/mol. The predicted molar refractivity (Wildman–Crippen MR) is 149 cm³/mol. The number of carbonyl (C=O) groups is 2. The van der Waals surface area contributed by atoms with E-state index in [4.69, 9.17) is 9.90 Å². The molecule has 0 radical (unpaired) electrons. The summed E-state index contributed by atoms with van der Waals surface area (Å²) in [4.78, 5) is 25.5. The van der Waals surface area contributed by atoms with Gasteiger partial charge in [0.15, 0.2) is 0 Å². The van der Waals surface area contributed by atoms with Gasteiger partial charge >= 0.3 is 18.1 Å². The van der Waals surface area contributed by atoms with Crippen molar-refractivity contribution >= 4 is 39.0 Å². The van der Waals surface area contributed by atoms with Gasteiger partial charge in [-0.3, -0.25) is 4.72 Å². The fourth-order valence-electron chi connectivity index (χ4n) is 4.48. The molecule has 0 spiro atoms. The molecule has 41 heavy (non-hydrogen) atoms. The number of aryl methyl sites for hydroxylation is 2. The third-order valence-electron chi connectivity index (χ3n) is 6.41. The number of carboxylic acids is 2. The topological polar surface area (TPSA) is 127 Å². The summed E-state index contributed by atoms with van der Waals surface area (Å²) in [5.41, 5.74) is 3.85. The molecule has 0 saturated carbocycles. The quantitative estimate of drug-likeness (QED) is 0.358. The summed E-state index contributed by atoms with van der Waals surface area (Å²) in [7, 11) is -3.84. The van der Waals surface area contributed by atoms with Crippen LogP contribution in [0.1, 0.15) is 28.4 Å². The van der Waals surface area contributed by atoms with Gasteiger partial charge in [0, 0.05) is 37.1 Å². The lowest BCUT2D eigenvalue weighted by molar-refractivity contribution is -0.192. The van der Waals surface area contributed by atoms with E-state index in [2.05, 4.69) is 46.6 Å². The fourth-order valence-corrected chi connectivity index (χ4v) is 5.78. The Morgan fingerprint density at radius 1 is 0.951 bits per heavy atom. The number of hydrogen-bond donors (Lipinski definition) is 3. The Bertz CT molecular complexity index is 1530. The predicted octanol–water partition coefficient (Wildman–Crippen LogP) is 5.15. The van der Waals surface area contributed by atoms with Crippen LogP contribution in [0.15, 0.2) is 71.6 Å². The first kappa shape index (κ1) is 31.3. The lowest BCUT2D eigenvalue weighted by atomic mass is 10.1. The molecule has 13 heteroatoms. The summed E-state index contributed by atoms with van der Waals surface area (Å²) in [5, 5.41) is 17.0. The minimum absolute atomic E-state index is 0.0705. The number of aromatic carboxylic acids is 1. The zero-order valence-corrected chi connectivity index (χ0v) is 23.3. The Morgan fingerprint density at radius 2 is 1.61 bits per heavy atom. The zero-order chi connectivity index (χ0) is 30.5. The molecule has 3 aromatic rings. The molecule has 1 atom stereocenters. The first-order chi connectivity index (χ1) is 19.1. The van der Waals surface area contributed by atoms with Gasteiger partial charge in [0.25, 0.3) is 10.0 Å². The lowest BCUT2D eigenvalue weighted by Crippen LogP contribution is -2.52. The zero-order valence-electron chi connectivity index (χ0n) is 22.5. The lowest BCUT2D eigenvalue weighted by Gasteiger charge is -2.42. The van der Waals surface area contributed by atoms with Crippen molar-refractivity contribution in [1.82, 2.24) is 0 Å². The van der Waals surface area contributed by atoms with Crippen LogP contribution in [0.25, 0.3) is 0 Å². The van der Waals surface area contributed by atoms with Gasteiger partial charge in [0.2, 0.25) is 0 Å². The van der Waals surface area contributed by atoms with Gasteiger partial charge in [0.05, 0.1) is 16.1 Å². The highest BCUT2D eigenvalue weighted by Gasteiger charge is 2.38. The molecule has 9 nitrogen and oxygen atoms in total. The van der Waals surface area contributed by atoms with E-state index in [1.807, 2.05) is 6.07 Å². The van der Waals surface area contributed by atoms with Gasteiger partial charge in [-0.1, -0.05) is 30.3 Å². The van der Waals surface area contributed by atoms with Crippen LogP contribution in [0, 0.1) is 13.8 Å².